The van der Waals surface area contributed by atoms with Crippen molar-refractivity contribution in [2.75, 3.05) is 0 Å². The molecule has 10 N–H and O–H groups in total. The third-order valence-corrected chi connectivity index (χ3v) is 4.81. The molecule has 2 aromatic heterocycles. The van der Waals surface area contributed by atoms with Crippen LogP contribution in [0.1, 0.15) is 35.6 Å². The first-order valence-corrected chi connectivity index (χ1v) is 9.23. The van der Waals surface area contributed by atoms with E-state index in [4.69, 9.17) is 22.3 Å². The zero-order valence-electron chi connectivity index (χ0n) is 15.5. The quantitative estimate of drug-likeness (QED) is 0.138. The van der Waals surface area contributed by atoms with E-state index in [-0.39, 0.29) is 0 Å². The topological polar surface area (TPSA) is 161 Å². The van der Waals surface area contributed by atoms with E-state index in [0.29, 0.717) is 11.7 Å². The zero-order chi connectivity index (χ0) is 19.7. The van der Waals surface area contributed by atoms with Crippen LogP contribution in [-0.4, -0.2) is 31.6 Å². The highest BCUT2D eigenvalue weighted by Crippen LogP contribution is 2.17. The Morgan fingerprint density at radius 3 is 1.57 bits per heavy atom. The Hall–Kier alpha value is -3.68. The number of benzene rings is 2. The molecule has 0 unspecified atom stereocenters. The van der Waals surface area contributed by atoms with Gasteiger partial charge in [0.05, 0.1) is 33.2 Å². The molecule has 8 nitrogen and oxygen atoms in total. The number of rotatable bonds is 7. The van der Waals surface area contributed by atoms with Crippen LogP contribution < -0.4 is 22.3 Å². The second kappa shape index (κ2) is 7.15. The van der Waals surface area contributed by atoms with E-state index in [1.165, 1.54) is 0 Å². The van der Waals surface area contributed by atoms with Gasteiger partial charge in [-0.15, -0.1) is 0 Å². The van der Waals surface area contributed by atoms with Gasteiger partial charge in [-0.1, -0.05) is 0 Å². The lowest BCUT2D eigenvalue weighted by atomic mass is 10.2. The SMILES string of the molecule is NC(=[NH2+])c1ccc2nc(CCCCc3nc4ccc(C(N)=[NH2+])cc4[nH]3)[nH]c2c1. The average molecular weight is 376 g/mol. The second-order valence-corrected chi connectivity index (χ2v) is 6.95. The molecule has 2 heterocycles. The summed E-state index contributed by atoms with van der Waals surface area (Å²) >= 11 is 0. The van der Waals surface area contributed by atoms with Gasteiger partial charge >= 0.3 is 0 Å². The summed E-state index contributed by atoms with van der Waals surface area (Å²) in [5.41, 5.74) is 16.7. The standard InChI is InChI=1S/C20H22N8/c21-19(22)11-5-7-13-15(9-11)27-17(25-13)3-1-2-4-18-26-14-8-6-12(20(23)24)10-16(14)28-18/h5-10H,1-4H2,(H3,21,22)(H3,23,24)(H,25,27)(H,26,28)/p+2. The molecule has 0 radical (unpaired) electrons. The Kier molecular flexibility index (Phi) is 4.52. The van der Waals surface area contributed by atoms with Gasteiger partial charge in [-0.2, -0.15) is 0 Å². The first-order valence-electron chi connectivity index (χ1n) is 9.23. The smallest absolute Gasteiger partial charge is 0.270 e. The number of nitrogens with one attached hydrogen (secondary N) is 2. The Balaban J connectivity index is 1.36. The summed E-state index contributed by atoms with van der Waals surface area (Å²) in [6.07, 6.45) is 3.75. The minimum Gasteiger partial charge on any atom is -0.342 e. The largest absolute Gasteiger partial charge is 0.342 e. The average Bonchev–Trinajstić information content (AvgIpc) is 3.26. The number of unbranched alkanes of at least 4 members (excludes halogenated alkanes) is 1. The van der Waals surface area contributed by atoms with Crippen LogP contribution in [-0.2, 0) is 12.8 Å². The van der Waals surface area contributed by atoms with Crippen molar-refractivity contribution >= 4 is 33.7 Å². The van der Waals surface area contributed by atoms with Crippen molar-refractivity contribution in [1.82, 2.24) is 19.9 Å². The molecule has 28 heavy (non-hydrogen) atoms. The molecule has 8 heteroatoms. The number of hydrogen-bond acceptors (Lipinski definition) is 2. The van der Waals surface area contributed by atoms with Gasteiger partial charge in [0.25, 0.3) is 11.7 Å². The minimum absolute atomic E-state index is 0.308. The number of imidazole rings is 2. The van der Waals surface area contributed by atoms with E-state index in [1.54, 1.807) is 0 Å². The van der Waals surface area contributed by atoms with Gasteiger partial charge in [-0.05, 0) is 49.2 Å². The molecule has 2 aromatic carbocycles. The Bertz CT molecular complexity index is 1090. The summed E-state index contributed by atoms with van der Waals surface area (Å²) in [7, 11) is 0. The maximum atomic E-state index is 5.65. The Labute approximate surface area is 161 Å². The molecule has 0 amide bonds. The van der Waals surface area contributed by atoms with Crippen molar-refractivity contribution in [3.63, 3.8) is 0 Å². The fourth-order valence-corrected chi connectivity index (χ4v) is 3.31. The predicted octanol–water partition coefficient (Wildman–Crippen LogP) is -1.07. The molecule has 0 aliphatic carbocycles. The molecule has 4 aromatic rings. The van der Waals surface area contributed by atoms with Crippen LogP contribution >= 0.6 is 0 Å². The minimum atomic E-state index is 0.308. The van der Waals surface area contributed by atoms with Crippen LogP contribution in [0.15, 0.2) is 36.4 Å². The van der Waals surface area contributed by atoms with E-state index in [1.807, 2.05) is 36.4 Å². The number of hydrogen-bond donors (Lipinski definition) is 6. The molecule has 0 aliphatic rings. The Morgan fingerprint density at radius 1 is 0.750 bits per heavy atom. The van der Waals surface area contributed by atoms with Crippen LogP contribution in [0.25, 0.3) is 22.1 Å². The number of nitrogens with zero attached hydrogens (tertiary/aromatic N) is 2. The number of aromatic nitrogens is 4. The van der Waals surface area contributed by atoms with Crippen LogP contribution in [0.5, 0.6) is 0 Å². The summed E-state index contributed by atoms with van der Waals surface area (Å²) in [5.74, 6) is 2.54. The zero-order valence-corrected chi connectivity index (χ0v) is 15.5. The van der Waals surface area contributed by atoms with Crippen molar-refractivity contribution in [2.45, 2.75) is 25.7 Å². The van der Waals surface area contributed by atoms with Crippen molar-refractivity contribution in [3.8, 4) is 0 Å². The van der Waals surface area contributed by atoms with Gasteiger partial charge in [0.1, 0.15) is 11.6 Å². The molecular weight excluding hydrogens is 352 g/mol. The van der Waals surface area contributed by atoms with Crippen molar-refractivity contribution in [1.29, 1.82) is 0 Å². The molecular formula is C20H24N8+2. The molecule has 0 bridgehead atoms. The first kappa shape index (κ1) is 17.7. The summed E-state index contributed by atoms with van der Waals surface area (Å²) in [4.78, 5) is 15.9. The number of fused-ring (bicyclic) bond motifs is 2. The van der Waals surface area contributed by atoms with Crippen LogP contribution in [0.3, 0.4) is 0 Å². The van der Waals surface area contributed by atoms with E-state index < -0.39 is 0 Å². The lowest BCUT2D eigenvalue weighted by Gasteiger charge is -1.97. The van der Waals surface area contributed by atoms with Crippen molar-refractivity contribution in [2.24, 2.45) is 11.5 Å². The number of amidine groups is 2. The fourth-order valence-electron chi connectivity index (χ4n) is 3.31. The first-order chi connectivity index (χ1) is 13.5. The monoisotopic (exact) mass is 376 g/mol. The number of H-pyrrole nitrogens is 2. The second-order valence-electron chi connectivity index (χ2n) is 6.95. The normalized spacial score (nSPS) is 11.3. The summed E-state index contributed by atoms with van der Waals surface area (Å²) in [6.45, 7) is 0. The summed E-state index contributed by atoms with van der Waals surface area (Å²) < 4.78 is 0. The lowest BCUT2D eigenvalue weighted by molar-refractivity contribution is -0.115. The van der Waals surface area contributed by atoms with E-state index >= 15 is 0 Å². The third kappa shape index (κ3) is 3.57. The molecule has 0 atom stereocenters. The molecule has 4 rings (SSSR count). The lowest BCUT2D eigenvalue weighted by Crippen LogP contribution is -2.46. The third-order valence-electron chi connectivity index (χ3n) is 4.81. The molecule has 0 aliphatic heterocycles. The van der Waals surface area contributed by atoms with Gasteiger partial charge in [0.2, 0.25) is 0 Å². The molecule has 142 valence electrons. The Morgan fingerprint density at radius 2 is 1.18 bits per heavy atom. The van der Waals surface area contributed by atoms with Crippen molar-refractivity contribution in [3.05, 3.63) is 59.2 Å². The van der Waals surface area contributed by atoms with Crippen molar-refractivity contribution < 1.29 is 10.8 Å². The predicted molar refractivity (Wildman–Crippen MR) is 109 cm³/mol. The van der Waals surface area contributed by atoms with Gasteiger partial charge in [-0.25, -0.2) is 9.97 Å². The van der Waals surface area contributed by atoms with Gasteiger partial charge in [0, 0.05) is 12.8 Å². The molecule has 0 saturated heterocycles. The summed E-state index contributed by atoms with van der Waals surface area (Å²) in [5, 5.41) is 11.3. The fraction of sp³-hybridized carbons (Fsp3) is 0.200. The molecule has 0 saturated carbocycles. The maximum Gasteiger partial charge on any atom is 0.270 e. The number of aryl methyl sites for hydroxylation is 2. The van der Waals surface area contributed by atoms with Crippen LogP contribution in [0.4, 0.5) is 0 Å². The summed E-state index contributed by atoms with van der Waals surface area (Å²) in [6, 6.07) is 11.5. The van der Waals surface area contributed by atoms with Crippen LogP contribution in [0.2, 0.25) is 0 Å². The van der Waals surface area contributed by atoms with Crippen LogP contribution in [0, 0.1) is 0 Å². The molecule has 0 fully saturated rings. The van der Waals surface area contributed by atoms with E-state index in [9.17, 15) is 0 Å². The highest BCUT2D eigenvalue weighted by Gasteiger charge is 2.09. The van der Waals surface area contributed by atoms with Gasteiger partial charge in [-0.3, -0.25) is 22.3 Å². The van der Waals surface area contributed by atoms with Gasteiger partial charge in [0.15, 0.2) is 0 Å². The molecule has 0 spiro atoms. The number of nitrogens with two attached hydrogens (primary N) is 4. The highest BCUT2D eigenvalue weighted by molar-refractivity contribution is 5.96. The maximum absolute atomic E-state index is 5.65. The number of aromatic amines is 2. The highest BCUT2D eigenvalue weighted by atomic mass is 14.9. The van der Waals surface area contributed by atoms with Gasteiger partial charge < -0.3 is 9.97 Å². The van der Waals surface area contributed by atoms with E-state index in [2.05, 4.69) is 19.9 Å². The van der Waals surface area contributed by atoms with E-state index in [0.717, 1.165) is 70.5 Å².